The molecule has 160 valence electrons. The summed E-state index contributed by atoms with van der Waals surface area (Å²) in [5.41, 5.74) is 2.67. The number of unbranched alkanes of at least 4 members (excludes halogenated alkanes) is 3. The molecule has 1 unspecified atom stereocenters. The van der Waals surface area contributed by atoms with E-state index in [0.717, 1.165) is 24.0 Å². The molecule has 0 saturated heterocycles. The van der Waals surface area contributed by atoms with Gasteiger partial charge in [-0.25, -0.2) is 8.42 Å². The number of nitrogens with one attached hydrogen (secondary N) is 1. The number of rotatable bonds is 12. The predicted molar refractivity (Wildman–Crippen MR) is 124 cm³/mol. The van der Waals surface area contributed by atoms with Gasteiger partial charge in [-0.1, -0.05) is 72.1 Å². The van der Waals surface area contributed by atoms with Gasteiger partial charge in [0.25, 0.3) is 0 Å². The largest absolute Gasteiger partial charge is 0.483 e. The molecule has 0 fully saturated rings. The summed E-state index contributed by atoms with van der Waals surface area (Å²) in [7, 11) is -3.64. The molecular formula is C22H37NO3S2. The molecule has 0 aliphatic carbocycles. The van der Waals surface area contributed by atoms with Crippen LogP contribution >= 0.6 is 12.2 Å². The average Bonchev–Trinajstić information content (AvgIpc) is 2.57. The van der Waals surface area contributed by atoms with Crippen molar-refractivity contribution in [1.82, 2.24) is 0 Å². The van der Waals surface area contributed by atoms with Crippen LogP contribution in [0.15, 0.2) is 18.2 Å². The molecule has 1 atom stereocenters. The summed E-state index contributed by atoms with van der Waals surface area (Å²) in [6.07, 6.45) is 5.47. The Kier molecular flexibility index (Phi) is 10.5. The first-order valence-electron chi connectivity index (χ1n) is 10.4. The fourth-order valence-electron chi connectivity index (χ4n) is 3.19. The van der Waals surface area contributed by atoms with Crippen molar-refractivity contribution in [3.63, 3.8) is 0 Å². The maximum Gasteiger partial charge on any atom is 0.240 e. The summed E-state index contributed by atoms with van der Waals surface area (Å²) in [5.74, 6) is 0.122. The molecule has 0 spiro atoms. The molecule has 1 aromatic rings. The third kappa shape index (κ3) is 8.48. The number of benzene rings is 1. The Labute approximate surface area is 177 Å². The van der Waals surface area contributed by atoms with Crippen LogP contribution in [0, 0.1) is 0 Å². The van der Waals surface area contributed by atoms with Crippen LogP contribution in [0.3, 0.4) is 0 Å². The van der Waals surface area contributed by atoms with E-state index in [0.29, 0.717) is 5.69 Å². The van der Waals surface area contributed by atoms with Crippen LogP contribution in [0.4, 0.5) is 5.69 Å². The minimum absolute atomic E-state index is 0.0614. The summed E-state index contributed by atoms with van der Waals surface area (Å²) >= 11 is 5.22. The van der Waals surface area contributed by atoms with Gasteiger partial charge in [0.15, 0.2) is 5.05 Å². The fraction of sp³-hybridized carbons (Fsp3) is 0.682. The zero-order chi connectivity index (χ0) is 21.3. The van der Waals surface area contributed by atoms with E-state index in [1.165, 1.54) is 19.3 Å². The zero-order valence-corrected chi connectivity index (χ0v) is 19.9. The maximum atomic E-state index is 12.8. The van der Waals surface area contributed by atoms with Gasteiger partial charge in [-0.3, -0.25) is 4.72 Å². The highest BCUT2D eigenvalue weighted by atomic mass is 32.2. The lowest BCUT2D eigenvalue weighted by Crippen LogP contribution is -2.26. The second kappa shape index (κ2) is 11.8. The molecule has 0 bridgehead atoms. The van der Waals surface area contributed by atoms with Crippen LogP contribution < -0.4 is 4.72 Å². The van der Waals surface area contributed by atoms with Crippen LogP contribution in [0.25, 0.3) is 0 Å². The lowest BCUT2D eigenvalue weighted by molar-refractivity contribution is 0.198. The highest BCUT2D eigenvalue weighted by Crippen LogP contribution is 2.33. The number of hydrogen-bond acceptors (Lipinski definition) is 4. The van der Waals surface area contributed by atoms with Crippen LogP contribution in [0.5, 0.6) is 0 Å². The second-order valence-corrected chi connectivity index (χ2v) is 10.3. The Morgan fingerprint density at radius 2 is 1.61 bits per heavy atom. The quantitative estimate of drug-likeness (QED) is 0.311. The molecule has 0 amide bonds. The van der Waals surface area contributed by atoms with Gasteiger partial charge in [-0.15, -0.1) is 0 Å². The van der Waals surface area contributed by atoms with E-state index >= 15 is 0 Å². The third-order valence-electron chi connectivity index (χ3n) is 4.74. The van der Waals surface area contributed by atoms with E-state index in [1.54, 1.807) is 0 Å². The lowest BCUT2D eigenvalue weighted by Gasteiger charge is -2.21. The highest BCUT2D eigenvalue weighted by Gasteiger charge is 2.21. The molecule has 1 N–H and O–H groups in total. The van der Waals surface area contributed by atoms with Crippen molar-refractivity contribution in [2.75, 3.05) is 10.5 Å². The molecule has 0 aliphatic rings. The number of sulfonamides is 1. The first kappa shape index (κ1) is 24.9. The van der Waals surface area contributed by atoms with E-state index < -0.39 is 10.0 Å². The number of ether oxygens (including phenoxy) is 1. The Morgan fingerprint density at radius 1 is 1.04 bits per heavy atom. The fourth-order valence-corrected chi connectivity index (χ4v) is 4.82. The molecular weight excluding hydrogens is 390 g/mol. The molecule has 1 aromatic carbocycles. The van der Waals surface area contributed by atoms with Gasteiger partial charge in [-0.2, -0.15) is 0 Å². The summed E-state index contributed by atoms with van der Waals surface area (Å²) in [4.78, 5) is 0. The van der Waals surface area contributed by atoms with Crippen molar-refractivity contribution in [3.05, 3.63) is 29.3 Å². The number of thiocarbonyl (C=S) groups is 1. The van der Waals surface area contributed by atoms with E-state index in [4.69, 9.17) is 17.0 Å². The standard InChI is InChI=1S/C22H37NO3S2/c1-7-8-9-10-12-18(6)26-21(27)15-28(24,25)23-22-19(16(2)3)13-11-14-20(22)17(4)5/h11,13-14,16-18,23H,7-10,12,15H2,1-6H3. The third-order valence-corrected chi connectivity index (χ3v) is 6.32. The zero-order valence-electron chi connectivity index (χ0n) is 18.2. The first-order chi connectivity index (χ1) is 13.1. The van der Waals surface area contributed by atoms with E-state index in [2.05, 4.69) is 39.3 Å². The number of anilines is 1. The van der Waals surface area contributed by atoms with Crippen molar-refractivity contribution in [2.45, 2.75) is 91.6 Å². The Hall–Kier alpha value is -1.14. The van der Waals surface area contributed by atoms with Gasteiger partial charge in [0.1, 0.15) is 5.75 Å². The van der Waals surface area contributed by atoms with Gasteiger partial charge in [0, 0.05) is 0 Å². The topological polar surface area (TPSA) is 55.4 Å². The van der Waals surface area contributed by atoms with Crippen LogP contribution in [0.1, 0.15) is 96.6 Å². The monoisotopic (exact) mass is 427 g/mol. The van der Waals surface area contributed by atoms with Crippen LogP contribution in [0.2, 0.25) is 0 Å². The van der Waals surface area contributed by atoms with Crippen molar-refractivity contribution in [2.24, 2.45) is 0 Å². The molecule has 0 radical (unpaired) electrons. The van der Waals surface area contributed by atoms with Crippen LogP contribution in [-0.2, 0) is 14.8 Å². The smallest absolute Gasteiger partial charge is 0.240 e. The summed E-state index contributed by atoms with van der Waals surface area (Å²) in [6.45, 7) is 12.4. The minimum Gasteiger partial charge on any atom is -0.483 e. The summed E-state index contributed by atoms with van der Waals surface area (Å²) in [6, 6.07) is 5.93. The average molecular weight is 428 g/mol. The minimum atomic E-state index is -3.64. The number of para-hydroxylation sites is 1. The normalized spacial score (nSPS) is 13.0. The second-order valence-electron chi connectivity index (χ2n) is 8.13. The molecule has 28 heavy (non-hydrogen) atoms. The predicted octanol–water partition coefficient (Wildman–Crippen LogP) is 6.38. The van der Waals surface area contributed by atoms with Crippen molar-refractivity contribution in [3.8, 4) is 0 Å². The number of hydrogen-bond donors (Lipinski definition) is 1. The maximum absolute atomic E-state index is 12.8. The molecule has 0 aromatic heterocycles. The molecule has 1 rings (SSSR count). The van der Waals surface area contributed by atoms with Crippen molar-refractivity contribution in [1.29, 1.82) is 0 Å². The SMILES string of the molecule is CCCCCCC(C)OC(=S)CS(=O)(=O)Nc1c(C(C)C)cccc1C(C)C. The van der Waals surface area contributed by atoms with Crippen LogP contribution in [-0.4, -0.2) is 25.3 Å². The molecule has 6 heteroatoms. The first-order valence-corrected chi connectivity index (χ1v) is 12.5. The van der Waals surface area contributed by atoms with E-state index in [1.807, 2.05) is 25.1 Å². The molecule has 0 aliphatic heterocycles. The van der Waals surface area contributed by atoms with Gasteiger partial charge >= 0.3 is 0 Å². The van der Waals surface area contributed by atoms with Gasteiger partial charge in [0.2, 0.25) is 10.0 Å². The van der Waals surface area contributed by atoms with Crippen molar-refractivity contribution >= 4 is 33.0 Å². The molecule has 4 nitrogen and oxygen atoms in total. The Balaban J connectivity index is 2.80. The van der Waals surface area contributed by atoms with Crippen molar-refractivity contribution < 1.29 is 13.2 Å². The summed E-state index contributed by atoms with van der Waals surface area (Å²) < 4.78 is 34.0. The molecule has 0 saturated carbocycles. The van der Waals surface area contributed by atoms with Gasteiger partial charge < -0.3 is 4.74 Å². The lowest BCUT2D eigenvalue weighted by atomic mass is 9.93. The van der Waals surface area contributed by atoms with E-state index in [-0.39, 0.29) is 28.7 Å². The summed E-state index contributed by atoms with van der Waals surface area (Å²) in [5, 5.41) is 0.128. The molecule has 0 heterocycles. The Bertz CT molecular complexity index is 701. The van der Waals surface area contributed by atoms with Gasteiger partial charge in [0.05, 0.1) is 11.8 Å². The van der Waals surface area contributed by atoms with Gasteiger partial charge in [-0.05, 0) is 54.9 Å². The highest BCUT2D eigenvalue weighted by molar-refractivity contribution is 7.95. The van der Waals surface area contributed by atoms with E-state index in [9.17, 15) is 8.42 Å². The Morgan fingerprint density at radius 3 is 2.11 bits per heavy atom.